The molecule has 2 rings (SSSR count). The van der Waals surface area contributed by atoms with Gasteiger partial charge in [0.05, 0.1) is 18.2 Å². The highest BCUT2D eigenvalue weighted by Gasteiger charge is 2.41. The van der Waals surface area contributed by atoms with Crippen molar-refractivity contribution in [2.45, 2.75) is 5.41 Å². The Morgan fingerprint density at radius 3 is 2.76 bits per heavy atom. The number of rotatable bonds is 2. The van der Waals surface area contributed by atoms with E-state index >= 15 is 0 Å². The van der Waals surface area contributed by atoms with E-state index in [0.29, 0.717) is 17.7 Å². The molecule has 0 spiro atoms. The third-order valence-electron chi connectivity index (χ3n) is 2.70. The number of carbonyl (C=O) groups excluding carboxylic acids is 1. The van der Waals surface area contributed by atoms with Gasteiger partial charge in [-0.05, 0) is 11.6 Å². The number of primary amides is 1. The number of amides is 1. The van der Waals surface area contributed by atoms with Crippen LogP contribution in [0.4, 0.5) is 0 Å². The number of hydrogen-bond donors (Lipinski definition) is 2. The van der Waals surface area contributed by atoms with Crippen molar-refractivity contribution in [3.05, 3.63) is 35.4 Å². The van der Waals surface area contributed by atoms with E-state index in [2.05, 4.69) is 16.6 Å². The van der Waals surface area contributed by atoms with Crippen molar-refractivity contribution in [2.75, 3.05) is 6.54 Å². The van der Waals surface area contributed by atoms with Crippen LogP contribution in [-0.4, -0.2) is 18.7 Å². The predicted molar refractivity (Wildman–Crippen MR) is 65.8 cm³/mol. The first-order valence-electron chi connectivity index (χ1n) is 4.77. The zero-order valence-electron chi connectivity index (χ0n) is 8.88. The van der Waals surface area contributed by atoms with Gasteiger partial charge in [0, 0.05) is 6.21 Å². The van der Waals surface area contributed by atoms with Crippen LogP contribution >= 0.6 is 12.4 Å². The molecule has 1 aliphatic heterocycles. The first-order chi connectivity index (χ1) is 7.70. The first-order valence-corrected chi connectivity index (χ1v) is 4.77. The molecule has 0 radical (unpaired) electrons. The Balaban J connectivity index is 0.00000144. The van der Waals surface area contributed by atoms with Crippen LogP contribution in [0.1, 0.15) is 11.1 Å². The van der Waals surface area contributed by atoms with E-state index < -0.39 is 11.3 Å². The normalized spacial score (nSPS) is 21.1. The summed E-state index contributed by atoms with van der Waals surface area (Å²) in [4.78, 5) is 11.6. The molecule has 0 saturated heterocycles. The summed E-state index contributed by atoms with van der Waals surface area (Å²) in [5.74, 6) is -0.510. The van der Waals surface area contributed by atoms with E-state index in [1.54, 1.807) is 24.3 Å². The Morgan fingerprint density at radius 1 is 1.53 bits per heavy atom. The summed E-state index contributed by atoms with van der Waals surface area (Å²) in [6, 6.07) is 8.96. The standard InChI is InChI=1S/C11H10N4O.ClH/c12-5-8-3-1-2-4-9(8)11(10(13)16)6-14-15-7-11;/h1-4,6,15H,7H2,(H2,13,16);1H. The van der Waals surface area contributed by atoms with Crippen LogP contribution in [0.3, 0.4) is 0 Å². The van der Waals surface area contributed by atoms with Crippen molar-refractivity contribution in [3.63, 3.8) is 0 Å². The largest absolute Gasteiger partial charge is 0.369 e. The molecule has 0 fully saturated rings. The van der Waals surface area contributed by atoms with Crippen molar-refractivity contribution in [1.29, 1.82) is 5.26 Å². The molecule has 0 aromatic heterocycles. The van der Waals surface area contributed by atoms with E-state index in [1.165, 1.54) is 6.21 Å². The second-order valence-corrected chi connectivity index (χ2v) is 3.59. The van der Waals surface area contributed by atoms with E-state index in [1.807, 2.05) is 0 Å². The molecule has 0 saturated carbocycles. The molecule has 1 aliphatic rings. The van der Waals surface area contributed by atoms with Gasteiger partial charge in [-0.3, -0.25) is 4.79 Å². The average molecular weight is 251 g/mol. The number of nitrogens with one attached hydrogen (secondary N) is 1. The quantitative estimate of drug-likeness (QED) is 0.790. The van der Waals surface area contributed by atoms with E-state index in [-0.39, 0.29) is 12.4 Å². The van der Waals surface area contributed by atoms with Gasteiger partial charge in [0.2, 0.25) is 5.91 Å². The van der Waals surface area contributed by atoms with E-state index in [9.17, 15) is 4.79 Å². The zero-order valence-corrected chi connectivity index (χ0v) is 9.70. The van der Waals surface area contributed by atoms with Crippen molar-refractivity contribution >= 4 is 24.5 Å². The van der Waals surface area contributed by atoms with Crippen molar-refractivity contribution < 1.29 is 4.79 Å². The van der Waals surface area contributed by atoms with Gasteiger partial charge in [-0.1, -0.05) is 18.2 Å². The number of nitrogens with two attached hydrogens (primary N) is 1. The summed E-state index contributed by atoms with van der Waals surface area (Å²) in [5.41, 5.74) is 8.14. The van der Waals surface area contributed by atoms with Gasteiger partial charge in [-0.25, -0.2) is 0 Å². The maximum Gasteiger partial charge on any atom is 0.235 e. The molecular weight excluding hydrogens is 240 g/mol. The summed E-state index contributed by atoms with van der Waals surface area (Å²) in [6.45, 7) is 0.293. The molecule has 0 aliphatic carbocycles. The fourth-order valence-electron chi connectivity index (χ4n) is 1.79. The molecule has 1 aromatic carbocycles. The van der Waals surface area contributed by atoms with Gasteiger partial charge in [-0.15, -0.1) is 12.4 Å². The van der Waals surface area contributed by atoms with Crippen LogP contribution in [0.5, 0.6) is 0 Å². The van der Waals surface area contributed by atoms with Gasteiger partial charge in [0.1, 0.15) is 5.41 Å². The number of nitrogens with zero attached hydrogens (tertiary/aromatic N) is 2. The molecule has 1 heterocycles. The lowest BCUT2D eigenvalue weighted by atomic mass is 9.79. The first kappa shape index (κ1) is 13.0. The number of hydrogen-bond acceptors (Lipinski definition) is 4. The molecule has 1 unspecified atom stereocenters. The summed E-state index contributed by atoms with van der Waals surface area (Å²) >= 11 is 0. The topological polar surface area (TPSA) is 91.3 Å². The van der Waals surface area contributed by atoms with Crippen LogP contribution < -0.4 is 11.2 Å². The van der Waals surface area contributed by atoms with Gasteiger partial charge in [0.25, 0.3) is 0 Å². The number of carbonyl (C=O) groups is 1. The number of hydrazone groups is 1. The van der Waals surface area contributed by atoms with Gasteiger partial charge in [-0.2, -0.15) is 10.4 Å². The highest BCUT2D eigenvalue weighted by Crippen LogP contribution is 2.26. The Hall–Kier alpha value is -2.06. The molecule has 6 heteroatoms. The molecule has 1 amide bonds. The Labute approximate surface area is 105 Å². The molecule has 0 bridgehead atoms. The third kappa shape index (κ3) is 1.95. The SMILES string of the molecule is Cl.N#Cc1ccccc1C1(C(N)=O)C=NNC1. The molecule has 17 heavy (non-hydrogen) atoms. The predicted octanol–water partition coefficient (Wildman–Crippen LogP) is 0.292. The fraction of sp³-hybridized carbons (Fsp3) is 0.182. The van der Waals surface area contributed by atoms with E-state index in [4.69, 9.17) is 11.0 Å². The third-order valence-corrected chi connectivity index (χ3v) is 2.70. The second kappa shape index (κ2) is 4.85. The second-order valence-electron chi connectivity index (χ2n) is 3.59. The smallest absolute Gasteiger partial charge is 0.235 e. The number of nitriles is 1. The van der Waals surface area contributed by atoms with Crippen LogP contribution in [0.25, 0.3) is 0 Å². The van der Waals surface area contributed by atoms with Crippen LogP contribution in [0.2, 0.25) is 0 Å². The number of benzene rings is 1. The van der Waals surface area contributed by atoms with Crippen LogP contribution in [-0.2, 0) is 10.2 Å². The monoisotopic (exact) mass is 250 g/mol. The Morgan fingerprint density at radius 2 is 2.24 bits per heavy atom. The lowest BCUT2D eigenvalue weighted by molar-refractivity contribution is -0.120. The minimum Gasteiger partial charge on any atom is -0.369 e. The van der Waals surface area contributed by atoms with Crippen LogP contribution in [0, 0.1) is 11.3 Å². The molecular formula is C11H11ClN4O. The molecule has 5 nitrogen and oxygen atoms in total. The van der Waals surface area contributed by atoms with Gasteiger partial charge in [0.15, 0.2) is 0 Å². The summed E-state index contributed by atoms with van der Waals surface area (Å²) in [6.07, 6.45) is 1.46. The van der Waals surface area contributed by atoms with Gasteiger partial charge < -0.3 is 11.2 Å². The summed E-state index contributed by atoms with van der Waals surface area (Å²) < 4.78 is 0. The van der Waals surface area contributed by atoms with Crippen molar-refractivity contribution in [3.8, 4) is 6.07 Å². The fourth-order valence-corrected chi connectivity index (χ4v) is 1.79. The highest BCUT2D eigenvalue weighted by molar-refractivity contribution is 6.05. The minimum absolute atomic E-state index is 0. The Kier molecular flexibility index (Phi) is 3.71. The summed E-state index contributed by atoms with van der Waals surface area (Å²) in [5, 5.41) is 12.8. The molecule has 1 atom stereocenters. The molecule has 3 N–H and O–H groups in total. The Bertz CT molecular complexity index is 508. The molecule has 88 valence electrons. The maximum atomic E-state index is 11.6. The lowest BCUT2D eigenvalue weighted by Crippen LogP contribution is -2.46. The number of halogens is 1. The van der Waals surface area contributed by atoms with Crippen molar-refractivity contribution in [2.24, 2.45) is 10.8 Å². The lowest BCUT2D eigenvalue weighted by Gasteiger charge is -2.22. The van der Waals surface area contributed by atoms with Crippen LogP contribution in [0.15, 0.2) is 29.4 Å². The summed E-state index contributed by atoms with van der Waals surface area (Å²) in [7, 11) is 0. The average Bonchev–Trinajstić information content (AvgIpc) is 2.79. The maximum absolute atomic E-state index is 11.6. The van der Waals surface area contributed by atoms with Crippen molar-refractivity contribution in [1.82, 2.24) is 5.43 Å². The van der Waals surface area contributed by atoms with Gasteiger partial charge >= 0.3 is 0 Å². The zero-order chi connectivity index (χ0) is 11.6. The minimum atomic E-state index is -1.01. The van der Waals surface area contributed by atoms with E-state index in [0.717, 1.165) is 0 Å². The highest BCUT2D eigenvalue weighted by atomic mass is 35.5. The molecule has 1 aromatic rings.